The van der Waals surface area contributed by atoms with Crippen LogP contribution in [-0.2, 0) is 27.7 Å². The van der Waals surface area contributed by atoms with Gasteiger partial charge >= 0.3 is 0 Å². The first kappa shape index (κ1) is 22.9. The van der Waals surface area contributed by atoms with E-state index in [-0.39, 0.29) is 30.4 Å². The molecule has 170 valence electrons. The first-order chi connectivity index (χ1) is 15.3. The van der Waals surface area contributed by atoms with Gasteiger partial charge in [-0.15, -0.1) is 11.3 Å². The standard InChI is InChI=1S/C22H25FN4O3S2/c1-15-6-7-16-17(13-24)22(31-19(16)12-15)25-21(28)14-26-8-10-27(11-9-26)32(29,30)20-5-3-2-4-18(20)23/h2-5,15H,6-12,14H2,1H3,(H,25,28)/p+1/t15-/m1/s1. The highest BCUT2D eigenvalue weighted by Crippen LogP contribution is 2.39. The molecule has 0 unspecified atom stereocenters. The van der Waals surface area contributed by atoms with Crippen LogP contribution in [0.1, 0.15) is 29.3 Å². The minimum Gasteiger partial charge on any atom is -0.325 e. The minimum atomic E-state index is -3.90. The fourth-order valence-corrected chi connectivity index (χ4v) is 7.25. The summed E-state index contributed by atoms with van der Waals surface area (Å²) in [5.74, 6) is -0.367. The summed E-state index contributed by atoms with van der Waals surface area (Å²) in [4.78, 5) is 14.5. The zero-order chi connectivity index (χ0) is 22.9. The van der Waals surface area contributed by atoms with E-state index in [1.54, 1.807) is 0 Å². The summed E-state index contributed by atoms with van der Waals surface area (Å²) in [6.07, 6.45) is 2.86. The third kappa shape index (κ3) is 4.57. The van der Waals surface area contributed by atoms with Crippen molar-refractivity contribution in [3.63, 3.8) is 0 Å². The van der Waals surface area contributed by atoms with E-state index < -0.39 is 15.8 Å². The fraction of sp³-hybridized carbons (Fsp3) is 0.455. The summed E-state index contributed by atoms with van der Waals surface area (Å²) >= 11 is 1.50. The maximum absolute atomic E-state index is 14.0. The number of hydrogen-bond donors (Lipinski definition) is 2. The number of piperazine rings is 1. The summed E-state index contributed by atoms with van der Waals surface area (Å²) in [5.41, 5.74) is 1.66. The lowest BCUT2D eigenvalue weighted by Crippen LogP contribution is -3.15. The number of carbonyl (C=O) groups is 1. The van der Waals surface area contributed by atoms with Crippen LogP contribution in [0.15, 0.2) is 29.2 Å². The molecule has 0 spiro atoms. The lowest BCUT2D eigenvalue weighted by Gasteiger charge is -2.31. The number of halogens is 1. The number of anilines is 1. The molecule has 4 rings (SSSR count). The van der Waals surface area contributed by atoms with Gasteiger partial charge in [-0.05, 0) is 42.9 Å². The maximum Gasteiger partial charge on any atom is 0.280 e. The molecule has 7 nitrogen and oxygen atoms in total. The van der Waals surface area contributed by atoms with E-state index in [9.17, 15) is 22.9 Å². The number of sulfonamides is 1. The van der Waals surface area contributed by atoms with Gasteiger partial charge < -0.3 is 10.2 Å². The van der Waals surface area contributed by atoms with Gasteiger partial charge in [-0.1, -0.05) is 19.1 Å². The van der Waals surface area contributed by atoms with Crippen LogP contribution in [0.3, 0.4) is 0 Å². The number of quaternary nitrogens is 1. The van der Waals surface area contributed by atoms with Crippen LogP contribution in [0, 0.1) is 23.1 Å². The Labute approximate surface area is 191 Å². The topological polar surface area (TPSA) is 94.7 Å². The number of nitrogens with one attached hydrogen (secondary N) is 2. The van der Waals surface area contributed by atoms with Gasteiger partial charge in [-0.2, -0.15) is 9.57 Å². The normalized spacial score (nSPS) is 19.8. The molecular formula is C22H26FN4O3S2+. The molecule has 0 radical (unpaired) electrons. The van der Waals surface area contributed by atoms with Crippen LogP contribution in [0.2, 0.25) is 0 Å². The van der Waals surface area contributed by atoms with Crippen molar-refractivity contribution in [1.82, 2.24) is 4.31 Å². The molecule has 1 aromatic heterocycles. The van der Waals surface area contributed by atoms with E-state index in [1.165, 1.54) is 38.7 Å². The highest BCUT2D eigenvalue weighted by Gasteiger charge is 2.33. The molecule has 1 fully saturated rings. The van der Waals surface area contributed by atoms with E-state index >= 15 is 0 Å². The summed E-state index contributed by atoms with van der Waals surface area (Å²) in [6, 6.07) is 7.62. The number of thiophene rings is 1. The Hall–Kier alpha value is -2.32. The van der Waals surface area contributed by atoms with Crippen molar-refractivity contribution in [2.45, 2.75) is 31.1 Å². The lowest BCUT2D eigenvalue weighted by atomic mass is 9.89. The van der Waals surface area contributed by atoms with Crippen molar-refractivity contribution in [3.8, 4) is 6.07 Å². The first-order valence-electron chi connectivity index (χ1n) is 10.7. The Balaban J connectivity index is 1.36. The maximum atomic E-state index is 14.0. The van der Waals surface area contributed by atoms with Crippen LogP contribution in [0.5, 0.6) is 0 Å². The van der Waals surface area contributed by atoms with Gasteiger partial charge in [0.15, 0.2) is 6.54 Å². The van der Waals surface area contributed by atoms with Crippen molar-refractivity contribution in [3.05, 3.63) is 46.1 Å². The van der Waals surface area contributed by atoms with Crippen molar-refractivity contribution >= 4 is 32.3 Å². The second kappa shape index (κ2) is 9.27. The Kier molecular flexibility index (Phi) is 6.62. The van der Waals surface area contributed by atoms with Gasteiger partial charge in [-0.25, -0.2) is 12.8 Å². The summed E-state index contributed by atoms with van der Waals surface area (Å²) in [6.45, 7) is 3.72. The predicted molar refractivity (Wildman–Crippen MR) is 120 cm³/mol. The molecule has 1 saturated heterocycles. The summed E-state index contributed by atoms with van der Waals surface area (Å²) in [7, 11) is -3.90. The number of benzene rings is 1. The van der Waals surface area contributed by atoms with Gasteiger partial charge in [0, 0.05) is 4.88 Å². The highest BCUT2D eigenvalue weighted by atomic mass is 32.2. The van der Waals surface area contributed by atoms with E-state index in [4.69, 9.17) is 0 Å². The smallest absolute Gasteiger partial charge is 0.280 e. The average Bonchev–Trinajstić information content (AvgIpc) is 3.09. The third-order valence-corrected chi connectivity index (χ3v) is 9.27. The molecule has 32 heavy (non-hydrogen) atoms. The monoisotopic (exact) mass is 477 g/mol. The van der Waals surface area contributed by atoms with Crippen molar-refractivity contribution < 1.29 is 22.5 Å². The predicted octanol–water partition coefficient (Wildman–Crippen LogP) is 1.41. The molecule has 1 atom stereocenters. The zero-order valence-corrected chi connectivity index (χ0v) is 19.5. The largest absolute Gasteiger partial charge is 0.325 e. The molecule has 1 amide bonds. The lowest BCUT2D eigenvalue weighted by molar-refractivity contribution is -0.895. The summed E-state index contributed by atoms with van der Waals surface area (Å²) < 4.78 is 40.7. The Bertz CT molecular complexity index is 1160. The molecule has 10 heteroatoms. The second-order valence-electron chi connectivity index (χ2n) is 8.48. The number of fused-ring (bicyclic) bond motifs is 1. The van der Waals surface area contributed by atoms with Crippen molar-refractivity contribution in [2.24, 2.45) is 5.92 Å². The molecule has 1 aliphatic heterocycles. The first-order valence-corrected chi connectivity index (χ1v) is 13.0. The minimum absolute atomic E-state index is 0.187. The Morgan fingerprint density at radius 1 is 1.34 bits per heavy atom. The second-order valence-corrected chi connectivity index (χ2v) is 11.5. The quantitative estimate of drug-likeness (QED) is 0.681. The number of carbonyl (C=O) groups excluding carboxylic acids is 1. The number of hydrogen-bond acceptors (Lipinski definition) is 5. The van der Waals surface area contributed by atoms with E-state index in [0.717, 1.165) is 35.8 Å². The molecule has 0 saturated carbocycles. The molecule has 2 aliphatic rings. The van der Waals surface area contributed by atoms with Crippen molar-refractivity contribution in [2.75, 3.05) is 38.0 Å². The van der Waals surface area contributed by atoms with Gasteiger partial charge in [-0.3, -0.25) is 4.79 Å². The third-order valence-electron chi connectivity index (χ3n) is 6.17. The van der Waals surface area contributed by atoms with Crippen LogP contribution in [0.4, 0.5) is 9.39 Å². The van der Waals surface area contributed by atoms with Crippen LogP contribution >= 0.6 is 11.3 Å². The summed E-state index contributed by atoms with van der Waals surface area (Å²) in [5, 5.41) is 13.1. The van der Waals surface area contributed by atoms with Crippen LogP contribution < -0.4 is 10.2 Å². The molecule has 2 heterocycles. The number of rotatable bonds is 5. The fourth-order valence-electron chi connectivity index (χ4n) is 4.37. The number of nitriles is 1. The molecule has 2 aromatic rings. The highest BCUT2D eigenvalue weighted by molar-refractivity contribution is 7.89. The van der Waals surface area contributed by atoms with Crippen LogP contribution in [0.25, 0.3) is 0 Å². The SMILES string of the molecule is C[C@@H]1CCc2c(sc(NC(=O)C[NH+]3CCN(S(=O)(=O)c4ccccc4F)CC3)c2C#N)C1. The van der Waals surface area contributed by atoms with Gasteiger partial charge in [0.2, 0.25) is 10.0 Å². The molecule has 2 N–H and O–H groups in total. The van der Waals surface area contributed by atoms with E-state index in [2.05, 4.69) is 18.3 Å². The molecular weight excluding hydrogens is 451 g/mol. The molecule has 1 aliphatic carbocycles. The Morgan fingerprint density at radius 3 is 2.75 bits per heavy atom. The zero-order valence-electron chi connectivity index (χ0n) is 17.9. The van der Waals surface area contributed by atoms with E-state index in [0.29, 0.717) is 29.6 Å². The average molecular weight is 478 g/mol. The number of nitrogens with zero attached hydrogens (tertiary/aromatic N) is 2. The molecule has 1 aromatic carbocycles. The van der Waals surface area contributed by atoms with E-state index in [1.807, 2.05) is 0 Å². The van der Waals surface area contributed by atoms with Crippen molar-refractivity contribution in [1.29, 1.82) is 5.26 Å². The number of amides is 1. The van der Waals surface area contributed by atoms with Gasteiger partial charge in [0.25, 0.3) is 5.91 Å². The van der Waals surface area contributed by atoms with Gasteiger partial charge in [0.05, 0.1) is 31.7 Å². The van der Waals surface area contributed by atoms with Gasteiger partial charge in [0.1, 0.15) is 21.8 Å². The Morgan fingerprint density at radius 2 is 2.06 bits per heavy atom. The molecule has 0 bridgehead atoms. The van der Waals surface area contributed by atoms with Crippen LogP contribution in [-0.4, -0.2) is 51.4 Å².